The Morgan fingerprint density at radius 2 is 2.10 bits per heavy atom. The summed E-state index contributed by atoms with van der Waals surface area (Å²) in [4.78, 5) is 0. The number of thiophene rings is 1. The van der Waals surface area contributed by atoms with Gasteiger partial charge in [-0.2, -0.15) is 4.31 Å². The second-order valence-corrected chi connectivity index (χ2v) is 10.3. The molecule has 0 aliphatic carbocycles. The average molecular weight is 351 g/mol. The van der Waals surface area contributed by atoms with Crippen molar-refractivity contribution >= 4 is 33.0 Å². The van der Waals surface area contributed by atoms with Crippen LogP contribution in [0, 0.1) is 0 Å². The lowest BCUT2D eigenvalue weighted by Crippen LogP contribution is -2.51. The first kappa shape index (κ1) is 17.2. The summed E-state index contributed by atoms with van der Waals surface area (Å²) in [6.07, 6.45) is 2.90. The van der Waals surface area contributed by atoms with Crippen LogP contribution in [-0.2, 0) is 10.0 Å². The van der Waals surface area contributed by atoms with Gasteiger partial charge in [0.15, 0.2) is 0 Å². The number of hydrogen-bond donors (Lipinski definition) is 1. The predicted octanol–water partition coefficient (Wildman–Crippen LogP) is 3.33. The van der Waals surface area contributed by atoms with Crippen molar-refractivity contribution in [2.45, 2.75) is 55.8 Å². The standard InChI is InChI=1S/C14H23ClN2O2S2/c1-14(2,3)16-10-11-6-4-5-9-17(11)21(18,19)13-8-7-12(15)20-13/h7-8,11,16H,4-6,9-10H2,1-3H3. The van der Waals surface area contributed by atoms with Crippen molar-refractivity contribution in [3.8, 4) is 0 Å². The van der Waals surface area contributed by atoms with E-state index in [4.69, 9.17) is 11.6 Å². The second kappa shape index (κ2) is 6.54. The minimum Gasteiger partial charge on any atom is -0.310 e. The van der Waals surface area contributed by atoms with Crippen LogP contribution in [-0.4, -0.2) is 37.4 Å². The van der Waals surface area contributed by atoms with Crippen molar-refractivity contribution in [2.75, 3.05) is 13.1 Å². The molecule has 1 aliphatic heterocycles. The van der Waals surface area contributed by atoms with Crippen molar-refractivity contribution < 1.29 is 8.42 Å². The molecular formula is C14H23ClN2O2S2. The van der Waals surface area contributed by atoms with Crippen molar-refractivity contribution in [3.05, 3.63) is 16.5 Å². The maximum atomic E-state index is 12.8. The van der Waals surface area contributed by atoms with Crippen LogP contribution in [0.2, 0.25) is 4.34 Å². The molecule has 1 fully saturated rings. The first-order valence-electron chi connectivity index (χ1n) is 7.22. The molecule has 1 aromatic rings. The van der Waals surface area contributed by atoms with Gasteiger partial charge in [-0.15, -0.1) is 11.3 Å². The molecule has 2 heterocycles. The summed E-state index contributed by atoms with van der Waals surface area (Å²) in [7, 11) is -3.43. The Bertz CT molecular complexity index is 578. The Morgan fingerprint density at radius 1 is 1.38 bits per heavy atom. The molecule has 2 rings (SSSR count). The van der Waals surface area contributed by atoms with Crippen LogP contribution in [0.5, 0.6) is 0 Å². The third-order valence-electron chi connectivity index (χ3n) is 3.55. The fraction of sp³-hybridized carbons (Fsp3) is 0.714. The van der Waals surface area contributed by atoms with Crippen LogP contribution >= 0.6 is 22.9 Å². The Hall–Kier alpha value is -0.140. The summed E-state index contributed by atoms with van der Waals surface area (Å²) in [5.41, 5.74) is -0.0148. The van der Waals surface area contributed by atoms with Crippen molar-refractivity contribution in [3.63, 3.8) is 0 Å². The van der Waals surface area contributed by atoms with Gasteiger partial charge in [0.1, 0.15) is 4.21 Å². The van der Waals surface area contributed by atoms with Gasteiger partial charge in [-0.3, -0.25) is 0 Å². The Morgan fingerprint density at radius 3 is 2.67 bits per heavy atom. The van der Waals surface area contributed by atoms with E-state index in [-0.39, 0.29) is 11.6 Å². The van der Waals surface area contributed by atoms with E-state index in [1.165, 1.54) is 0 Å². The summed E-state index contributed by atoms with van der Waals surface area (Å²) in [5.74, 6) is 0. The molecule has 0 saturated carbocycles. The molecule has 0 amide bonds. The summed E-state index contributed by atoms with van der Waals surface area (Å²) >= 11 is 7.02. The molecule has 21 heavy (non-hydrogen) atoms. The Kier molecular flexibility index (Phi) is 5.36. The van der Waals surface area contributed by atoms with E-state index in [0.29, 0.717) is 21.6 Å². The fourth-order valence-electron chi connectivity index (χ4n) is 2.47. The molecule has 1 saturated heterocycles. The molecule has 0 radical (unpaired) electrons. The molecule has 4 nitrogen and oxygen atoms in total. The van der Waals surface area contributed by atoms with Gasteiger partial charge >= 0.3 is 0 Å². The largest absolute Gasteiger partial charge is 0.310 e. The number of nitrogens with zero attached hydrogens (tertiary/aromatic N) is 1. The summed E-state index contributed by atoms with van der Waals surface area (Å²) < 4.78 is 28.1. The van der Waals surface area contributed by atoms with E-state index in [1.807, 2.05) is 0 Å². The molecule has 1 aromatic heterocycles. The van der Waals surface area contributed by atoms with Crippen molar-refractivity contribution in [1.29, 1.82) is 0 Å². The molecule has 1 N–H and O–H groups in total. The lowest BCUT2D eigenvalue weighted by atomic mass is 10.0. The van der Waals surface area contributed by atoms with Gasteiger partial charge in [0.25, 0.3) is 10.0 Å². The van der Waals surface area contributed by atoms with Gasteiger partial charge in [0.2, 0.25) is 0 Å². The van der Waals surface area contributed by atoms with Gasteiger partial charge in [0.05, 0.1) is 4.34 Å². The SMILES string of the molecule is CC(C)(C)NCC1CCCCN1S(=O)(=O)c1ccc(Cl)s1. The number of rotatable bonds is 4. The maximum Gasteiger partial charge on any atom is 0.252 e. The minimum atomic E-state index is -3.43. The average Bonchev–Trinajstić information content (AvgIpc) is 2.83. The van der Waals surface area contributed by atoms with Crippen LogP contribution in [0.1, 0.15) is 40.0 Å². The zero-order chi connectivity index (χ0) is 15.7. The van der Waals surface area contributed by atoms with E-state index in [0.717, 1.165) is 30.6 Å². The first-order valence-corrected chi connectivity index (χ1v) is 9.86. The van der Waals surface area contributed by atoms with Gasteiger partial charge in [-0.1, -0.05) is 18.0 Å². The third kappa shape index (κ3) is 4.42. The number of sulfonamides is 1. The quantitative estimate of drug-likeness (QED) is 0.906. The number of nitrogens with one attached hydrogen (secondary N) is 1. The predicted molar refractivity (Wildman–Crippen MR) is 88.6 cm³/mol. The van der Waals surface area contributed by atoms with Crippen LogP contribution in [0.3, 0.4) is 0 Å². The van der Waals surface area contributed by atoms with Crippen LogP contribution in [0.4, 0.5) is 0 Å². The highest BCUT2D eigenvalue weighted by molar-refractivity contribution is 7.91. The Labute approximate surface area is 136 Å². The highest BCUT2D eigenvalue weighted by Crippen LogP contribution is 2.31. The highest BCUT2D eigenvalue weighted by Gasteiger charge is 2.34. The van der Waals surface area contributed by atoms with Crippen LogP contribution in [0.15, 0.2) is 16.3 Å². The lowest BCUT2D eigenvalue weighted by Gasteiger charge is -2.36. The topological polar surface area (TPSA) is 49.4 Å². The minimum absolute atomic E-state index is 0.0148. The molecule has 1 atom stereocenters. The number of hydrogen-bond acceptors (Lipinski definition) is 4. The van der Waals surface area contributed by atoms with E-state index >= 15 is 0 Å². The molecule has 0 spiro atoms. The van der Waals surface area contributed by atoms with E-state index in [1.54, 1.807) is 16.4 Å². The third-order valence-corrected chi connectivity index (χ3v) is 7.20. The van der Waals surface area contributed by atoms with Gasteiger partial charge in [0, 0.05) is 24.7 Å². The molecule has 7 heteroatoms. The number of piperidine rings is 1. The zero-order valence-electron chi connectivity index (χ0n) is 12.7. The monoisotopic (exact) mass is 350 g/mol. The second-order valence-electron chi connectivity index (χ2n) is 6.45. The van der Waals surface area contributed by atoms with Gasteiger partial charge in [-0.25, -0.2) is 8.42 Å². The van der Waals surface area contributed by atoms with Gasteiger partial charge in [-0.05, 0) is 45.7 Å². The molecular weight excluding hydrogens is 328 g/mol. The van der Waals surface area contributed by atoms with Crippen molar-refractivity contribution in [1.82, 2.24) is 9.62 Å². The fourth-order valence-corrected chi connectivity index (χ4v) is 5.78. The zero-order valence-corrected chi connectivity index (χ0v) is 15.1. The molecule has 120 valence electrons. The van der Waals surface area contributed by atoms with E-state index in [2.05, 4.69) is 26.1 Å². The molecule has 1 unspecified atom stereocenters. The van der Waals surface area contributed by atoms with Crippen LogP contribution < -0.4 is 5.32 Å². The normalized spacial score (nSPS) is 21.6. The summed E-state index contributed by atoms with van der Waals surface area (Å²) in [6, 6.07) is 3.26. The lowest BCUT2D eigenvalue weighted by molar-refractivity contribution is 0.231. The van der Waals surface area contributed by atoms with Crippen LogP contribution in [0.25, 0.3) is 0 Å². The molecule has 0 bridgehead atoms. The number of halogens is 1. The maximum absolute atomic E-state index is 12.8. The van der Waals surface area contributed by atoms with Crippen molar-refractivity contribution in [2.24, 2.45) is 0 Å². The van der Waals surface area contributed by atoms with Gasteiger partial charge < -0.3 is 5.32 Å². The smallest absolute Gasteiger partial charge is 0.252 e. The van der Waals surface area contributed by atoms with E-state index in [9.17, 15) is 8.42 Å². The summed E-state index contributed by atoms with van der Waals surface area (Å²) in [6.45, 7) is 7.55. The first-order chi connectivity index (χ1) is 9.70. The summed E-state index contributed by atoms with van der Waals surface area (Å²) in [5, 5.41) is 3.42. The molecule has 1 aliphatic rings. The van der Waals surface area contributed by atoms with E-state index < -0.39 is 10.0 Å². The Balaban J connectivity index is 2.18. The highest BCUT2D eigenvalue weighted by atomic mass is 35.5. The molecule has 0 aromatic carbocycles.